The SMILES string of the molecule is Cc1ccc(-c2c(C)c3c(c(C)c2[C@H](OC(C)(C)C)C(=O)O)N(S(C)(=O)=O)Cc2c-3ccc3cccnc23)cc1. The molecule has 1 aliphatic rings. The van der Waals surface area contributed by atoms with Crippen molar-refractivity contribution in [1.29, 1.82) is 0 Å². The summed E-state index contributed by atoms with van der Waals surface area (Å²) in [5.41, 5.74) is 7.38. The van der Waals surface area contributed by atoms with Crippen LogP contribution in [-0.4, -0.2) is 36.3 Å². The van der Waals surface area contributed by atoms with Crippen LogP contribution in [0.3, 0.4) is 0 Å². The normalized spacial score (nSPS) is 14.1. The van der Waals surface area contributed by atoms with Crippen molar-refractivity contribution in [2.24, 2.45) is 0 Å². The quantitative estimate of drug-likeness (QED) is 0.292. The Morgan fingerprint density at radius 2 is 1.68 bits per heavy atom. The van der Waals surface area contributed by atoms with E-state index in [0.29, 0.717) is 16.8 Å². The van der Waals surface area contributed by atoms with Crippen LogP contribution in [0.2, 0.25) is 0 Å². The summed E-state index contributed by atoms with van der Waals surface area (Å²) in [6.45, 7) is 11.3. The van der Waals surface area contributed by atoms with Crippen LogP contribution >= 0.6 is 0 Å². The van der Waals surface area contributed by atoms with E-state index in [-0.39, 0.29) is 6.54 Å². The molecule has 5 rings (SSSR count). The van der Waals surface area contributed by atoms with Crippen molar-refractivity contribution in [3.05, 3.63) is 82.5 Å². The summed E-state index contributed by atoms with van der Waals surface area (Å²) in [5.74, 6) is -1.14. The predicted octanol–water partition coefficient (Wildman–Crippen LogP) is 6.71. The molecule has 208 valence electrons. The minimum absolute atomic E-state index is 0.0942. The maximum atomic E-state index is 13.4. The van der Waals surface area contributed by atoms with Gasteiger partial charge in [-0.15, -0.1) is 0 Å². The summed E-state index contributed by atoms with van der Waals surface area (Å²) in [4.78, 5) is 17.4. The molecule has 0 saturated carbocycles. The van der Waals surface area contributed by atoms with Gasteiger partial charge in [-0.1, -0.05) is 48.0 Å². The van der Waals surface area contributed by atoms with Gasteiger partial charge in [0.1, 0.15) is 0 Å². The number of nitrogens with zero attached hydrogens (tertiary/aromatic N) is 2. The number of pyridine rings is 1. The smallest absolute Gasteiger partial charge is 0.337 e. The minimum atomic E-state index is -3.75. The number of hydrogen-bond acceptors (Lipinski definition) is 5. The Morgan fingerprint density at radius 3 is 2.27 bits per heavy atom. The van der Waals surface area contributed by atoms with Crippen LogP contribution in [0.4, 0.5) is 5.69 Å². The van der Waals surface area contributed by atoms with Gasteiger partial charge in [0.05, 0.1) is 29.6 Å². The van der Waals surface area contributed by atoms with Crippen molar-refractivity contribution in [3.8, 4) is 22.3 Å². The van der Waals surface area contributed by atoms with E-state index in [1.54, 1.807) is 13.1 Å². The average Bonchev–Trinajstić information content (AvgIpc) is 2.87. The third kappa shape index (κ3) is 4.75. The van der Waals surface area contributed by atoms with E-state index >= 15 is 0 Å². The first-order valence-corrected chi connectivity index (χ1v) is 15.0. The topological polar surface area (TPSA) is 96.8 Å². The number of hydrogen-bond donors (Lipinski definition) is 1. The van der Waals surface area contributed by atoms with E-state index in [9.17, 15) is 18.3 Å². The van der Waals surface area contributed by atoms with Gasteiger partial charge in [0.15, 0.2) is 6.10 Å². The van der Waals surface area contributed by atoms with Gasteiger partial charge >= 0.3 is 5.97 Å². The molecule has 8 heteroatoms. The number of ether oxygens (including phenoxy) is 1. The van der Waals surface area contributed by atoms with Crippen molar-refractivity contribution in [1.82, 2.24) is 4.98 Å². The third-order valence-electron chi connectivity index (χ3n) is 7.41. The highest BCUT2D eigenvalue weighted by molar-refractivity contribution is 7.92. The highest BCUT2D eigenvalue weighted by Crippen LogP contribution is 2.52. The van der Waals surface area contributed by atoms with Crippen molar-refractivity contribution in [3.63, 3.8) is 0 Å². The lowest BCUT2D eigenvalue weighted by atomic mass is 9.79. The Bertz CT molecular complexity index is 1770. The minimum Gasteiger partial charge on any atom is -0.479 e. The first-order valence-electron chi connectivity index (χ1n) is 13.2. The molecule has 0 spiro atoms. The molecule has 1 atom stereocenters. The number of fused-ring (bicyclic) bond motifs is 5. The average molecular weight is 559 g/mol. The standard InChI is InChI=1S/C32H34N2O5S/c1-18-10-12-21(13-11-18)25-19(2)26-23-15-14-22-9-8-16-33-28(22)24(23)17-34(40(7,37)38)29(26)20(3)27(25)30(31(35)36)39-32(4,5)6/h8-16,30H,17H2,1-7H3,(H,35,36)/t30-/m0/s1. The number of sulfonamides is 1. The molecule has 3 aromatic carbocycles. The second-order valence-corrected chi connectivity index (χ2v) is 13.4. The fourth-order valence-corrected chi connectivity index (χ4v) is 6.68. The Labute approximate surface area is 235 Å². The highest BCUT2D eigenvalue weighted by Gasteiger charge is 2.39. The second kappa shape index (κ2) is 9.71. The number of carboxylic acid groups (broad SMARTS) is 1. The van der Waals surface area contributed by atoms with Gasteiger partial charge in [0.2, 0.25) is 10.0 Å². The number of benzene rings is 3. The van der Waals surface area contributed by atoms with E-state index in [4.69, 9.17) is 4.74 Å². The molecule has 1 N–H and O–H groups in total. The second-order valence-electron chi connectivity index (χ2n) is 11.5. The maximum absolute atomic E-state index is 13.4. The highest BCUT2D eigenvalue weighted by atomic mass is 32.2. The van der Waals surface area contributed by atoms with Gasteiger partial charge in [-0.25, -0.2) is 13.2 Å². The van der Waals surface area contributed by atoms with E-state index in [1.807, 2.05) is 83.1 Å². The zero-order valence-corrected chi connectivity index (χ0v) is 24.7. The molecule has 4 aromatic rings. The molecular formula is C32H34N2O5S. The number of rotatable bonds is 5. The van der Waals surface area contributed by atoms with E-state index in [0.717, 1.165) is 49.8 Å². The van der Waals surface area contributed by atoms with Gasteiger partial charge in [-0.2, -0.15) is 0 Å². The summed E-state index contributed by atoms with van der Waals surface area (Å²) in [6, 6.07) is 15.8. The molecule has 1 aromatic heterocycles. The molecule has 0 fully saturated rings. The number of carbonyl (C=O) groups is 1. The summed E-state index contributed by atoms with van der Waals surface area (Å²) < 4.78 is 34.3. The summed E-state index contributed by atoms with van der Waals surface area (Å²) in [7, 11) is -3.75. The van der Waals surface area contributed by atoms with Crippen molar-refractivity contribution < 1.29 is 23.1 Å². The van der Waals surface area contributed by atoms with Gasteiger partial charge in [0, 0.05) is 28.3 Å². The number of carboxylic acids is 1. The molecule has 0 bridgehead atoms. The molecule has 7 nitrogen and oxygen atoms in total. The molecule has 0 amide bonds. The first-order chi connectivity index (χ1) is 18.7. The number of aryl methyl sites for hydroxylation is 1. The molecule has 0 aliphatic carbocycles. The Balaban J connectivity index is 1.97. The maximum Gasteiger partial charge on any atom is 0.337 e. The fourth-order valence-electron chi connectivity index (χ4n) is 5.76. The summed E-state index contributed by atoms with van der Waals surface area (Å²) in [6.07, 6.45) is 1.58. The lowest BCUT2D eigenvalue weighted by Crippen LogP contribution is -2.35. The molecule has 2 heterocycles. The zero-order valence-electron chi connectivity index (χ0n) is 23.9. The first kappa shape index (κ1) is 27.8. The van der Waals surface area contributed by atoms with Crippen LogP contribution in [0.1, 0.15) is 54.7 Å². The van der Waals surface area contributed by atoms with Crippen LogP contribution in [0, 0.1) is 20.8 Å². The molecule has 1 aliphatic heterocycles. The van der Waals surface area contributed by atoms with Crippen molar-refractivity contribution in [2.45, 2.75) is 59.8 Å². The largest absolute Gasteiger partial charge is 0.479 e. The fraction of sp³-hybridized carbons (Fsp3) is 0.312. The Hall–Kier alpha value is -3.75. The van der Waals surface area contributed by atoms with Crippen molar-refractivity contribution in [2.75, 3.05) is 10.6 Å². The van der Waals surface area contributed by atoms with Crippen molar-refractivity contribution >= 4 is 32.6 Å². The molecule has 0 saturated heterocycles. The molecule has 40 heavy (non-hydrogen) atoms. The summed E-state index contributed by atoms with van der Waals surface area (Å²) >= 11 is 0. The number of aromatic nitrogens is 1. The third-order valence-corrected chi connectivity index (χ3v) is 8.53. The lowest BCUT2D eigenvalue weighted by Gasteiger charge is -2.37. The van der Waals surface area contributed by atoms with Crippen LogP contribution in [0.5, 0.6) is 0 Å². The molecule has 0 radical (unpaired) electrons. The zero-order chi connectivity index (χ0) is 29.1. The van der Waals surface area contributed by atoms with E-state index in [2.05, 4.69) is 4.98 Å². The Morgan fingerprint density at radius 1 is 1.00 bits per heavy atom. The van der Waals surface area contributed by atoms with Gasteiger partial charge in [-0.05, 0) is 75.4 Å². The van der Waals surface area contributed by atoms with Crippen LogP contribution < -0.4 is 4.31 Å². The monoisotopic (exact) mass is 558 g/mol. The molecule has 0 unspecified atom stereocenters. The summed E-state index contributed by atoms with van der Waals surface area (Å²) in [5, 5.41) is 11.4. The van der Waals surface area contributed by atoms with Gasteiger partial charge < -0.3 is 9.84 Å². The molecular weight excluding hydrogens is 524 g/mol. The van der Waals surface area contributed by atoms with Crippen LogP contribution in [-0.2, 0) is 26.1 Å². The van der Waals surface area contributed by atoms with Gasteiger partial charge in [-0.3, -0.25) is 9.29 Å². The Kier molecular flexibility index (Phi) is 6.75. The predicted molar refractivity (Wildman–Crippen MR) is 159 cm³/mol. The van der Waals surface area contributed by atoms with Crippen LogP contribution in [0.15, 0.2) is 54.7 Å². The lowest BCUT2D eigenvalue weighted by molar-refractivity contribution is -0.160. The van der Waals surface area contributed by atoms with E-state index in [1.165, 1.54) is 10.6 Å². The number of aliphatic carboxylic acids is 1. The van der Waals surface area contributed by atoms with Gasteiger partial charge in [0.25, 0.3) is 0 Å². The van der Waals surface area contributed by atoms with Crippen LogP contribution in [0.25, 0.3) is 33.2 Å². The van der Waals surface area contributed by atoms with E-state index < -0.39 is 27.7 Å². The number of anilines is 1.